The smallest absolute Gasteiger partial charge is 0.401 e. The molecule has 2 aromatic heterocycles. The number of aromatic nitrogens is 3. The predicted octanol–water partition coefficient (Wildman–Crippen LogP) is 0.429. The second-order valence-corrected chi connectivity index (χ2v) is 3.55. The van der Waals surface area contributed by atoms with Gasteiger partial charge in [-0.25, -0.2) is 4.68 Å². The van der Waals surface area contributed by atoms with Gasteiger partial charge in [0, 0.05) is 7.05 Å². The van der Waals surface area contributed by atoms with Crippen molar-refractivity contribution in [1.82, 2.24) is 14.8 Å². The van der Waals surface area contributed by atoms with Gasteiger partial charge in [0.1, 0.15) is 10.7 Å². The third-order valence-corrected chi connectivity index (χ3v) is 2.22. The van der Waals surface area contributed by atoms with E-state index in [-0.39, 0.29) is 23.3 Å². The van der Waals surface area contributed by atoms with Crippen LogP contribution in [0.1, 0.15) is 11.5 Å². The lowest BCUT2D eigenvalue weighted by Crippen LogP contribution is -2.20. The summed E-state index contributed by atoms with van der Waals surface area (Å²) >= 11 is 0. The molecule has 0 aromatic carbocycles. The number of nitrogens with two attached hydrogens (primary N) is 1. The summed E-state index contributed by atoms with van der Waals surface area (Å²) < 4.78 is 6.13. The third kappa shape index (κ3) is 2.65. The van der Waals surface area contributed by atoms with Gasteiger partial charge >= 0.3 is 11.4 Å². The minimum Gasteiger partial charge on any atom is -0.401 e. The first kappa shape index (κ1) is 12.5. The predicted molar refractivity (Wildman–Crippen MR) is 66.0 cm³/mol. The fraction of sp³-hybridized carbons (Fsp3) is 0.100. The van der Waals surface area contributed by atoms with Crippen LogP contribution in [0, 0.1) is 10.1 Å². The first-order valence-corrected chi connectivity index (χ1v) is 5.10. The standard InChI is InChI=1S/C10H9N5O4/c1-14-10(11)12-9(16)7(13-14)4-2-6-3-5-8(19-6)15(17)18/h2-5H,1H3,(H2,11,12,16)/b4-2+. The van der Waals surface area contributed by atoms with E-state index in [1.54, 1.807) is 0 Å². The third-order valence-electron chi connectivity index (χ3n) is 2.22. The number of aryl methyl sites for hydroxylation is 1. The van der Waals surface area contributed by atoms with Crippen LogP contribution in [0.4, 0.5) is 11.8 Å². The molecule has 0 spiro atoms. The monoisotopic (exact) mass is 263 g/mol. The molecule has 0 amide bonds. The molecule has 2 aromatic rings. The van der Waals surface area contributed by atoms with E-state index in [1.165, 1.54) is 36.0 Å². The van der Waals surface area contributed by atoms with E-state index in [2.05, 4.69) is 10.1 Å². The zero-order valence-electron chi connectivity index (χ0n) is 9.81. The Morgan fingerprint density at radius 1 is 1.47 bits per heavy atom. The first-order chi connectivity index (χ1) is 8.97. The molecule has 2 N–H and O–H groups in total. The van der Waals surface area contributed by atoms with Crippen LogP contribution in [-0.2, 0) is 7.05 Å². The summed E-state index contributed by atoms with van der Waals surface area (Å²) in [6.07, 6.45) is 2.73. The van der Waals surface area contributed by atoms with Gasteiger partial charge < -0.3 is 10.2 Å². The van der Waals surface area contributed by atoms with E-state index in [0.717, 1.165) is 0 Å². The number of anilines is 1. The maximum Gasteiger partial charge on any atom is 0.433 e. The van der Waals surface area contributed by atoms with Crippen molar-refractivity contribution in [2.24, 2.45) is 7.05 Å². The van der Waals surface area contributed by atoms with Gasteiger partial charge in [0.15, 0.2) is 5.69 Å². The van der Waals surface area contributed by atoms with Crippen molar-refractivity contribution in [2.75, 3.05) is 5.73 Å². The van der Waals surface area contributed by atoms with Gasteiger partial charge in [0.2, 0.25) is 5.95 Å². The molecule has 9 nitrogen and oxygen atoms in total. The summed E-state index contributed by atoms with van der Waals surface area (Å²) in [6.45, 7) is 0. The van der Waals surface area contributed by atoms with Crippen LogP contribution in [0.3, 0.4) is 0 Å². The molecule has 0 saturated heterocycles. The molecule has 0 atom stereocenters. The summed E-state index contributed by atoms with van der Waals surface area (Å²) in [5, 5.41) is 14.3. The highest BCUT2D eigenvalue weighted by atomic mass is 16.6. The molecule has 2 heterocycles. The van der Waals surface area contributed by atoms with E-state index in [4.69, 9.17) is 10.2 Å². The molecule has 0 fully saturated rings. The van der Waals surface area contributed by atoms with Crippen LogP contribution < -0.4 is 11.3 Å². The number of rotatable bonds is 3. The summed E-state index contributed by atoms with van der Waals surface area (Å²) in [7, 11) is 1.54. The molecular weight excluding hydrogens is 254 g/mol. The molecule has 0 aliphatic heterocycles. The number of nitrogens with zero attached hydrogens (tertiary/aromatic N) is 4. The maximum absolute atomic E-state index is 11.5. The highest BCUT2D eigenvalue weighted by Gasteiger charge is 2.10. The van der Waals surface area contributed by atoms with Crippen LogP contribution in [0.25, 0.3) is 12.2 Å². The van der Waals surface area contributed by atoms with Crippen LogP contribution in [0.2, 0.25) is 0 Å². The summed E-state index contributed by atoms with van der Waals surface area (Å²) in [6, 6.07) is 2.62. The average molecular weight is 263 g/mol. The number of hydrogen-bond donors (Lipinski definition) is 1. The SMILES string of the molecule is Cn1nc(/C=C/c2ccc([N+](=O)[O-])o2)c(=O)nc1N. The van der Waals surface area contributed by atoms with E-state index in [0.29, 0.717) is 0 Å². The number of nitrogen functional groups attached to an aromatic ring is 1. The molecule has 0 saturated carbocycles. The van der Waals surface area contributed by atoms with Crippen molar-refractivity contribution in [1.29, 1.82) is 0 Å². The molecule has 0 bridgehead atoms. The van der Waals surface area contributed by atoms with E-state index < -0.39 is 10.5 Å². The van der Waals surface area contributed by atoms with Crippen molar-refractivity contribution in [2.45, 2.75) is 0 Å². The van der Waals surface area contributed by atoms with Gasteiger partial charge in [-0.3, -0.25) is 14.9 Å². The highest BCUT2D eigenvalue weighted by molar-refractivity contribution is 5.65. The molecule has 0 unspecified atom stereocenters. The minimum absolute atomic E-state index is 0.00390. The van der Waals surface area contributed by atoms with Crippen LogP contribution >= 0.6 is 0 Å². The summed E-state index contributed by atoms with van der Waals surface area (Å²) in [4.78, 5) is 24.8. The largest absolute Gasteiger partial charge is 0.433 e. The Bertz CT molecular complexity index is 715. The number of nitro groups is 1. The van der Waals surface area contributed by atoms with E-state index in [9.17, 15) is 14.9 Å². The Morgan fingerprint density at radius 3 is 2.84 bits per heavy atom. The Morgan fingerprint density at radius 2 is 2.21 bits per heavy atom. The van der Waals surface area contributed by atoms with Gasteiger partial charge in [-0.2, -0.15) is 10.1 Å². The normalized spacial score (nSPS) is 11.0. The lowest BCUT2D eigenvalue weighted by atomic mass is 10.3. The zero-order chi connectivity index (χ0) is 14.0. The first-order valence-electron chi connectivity index (χ1n) is 5.10. The highest BCUT2D eigenvalue weighted by Crippen LogP contribution is 2.17. The fourth-order valence-corrected chi connectivity index (χ4v) is 1.28. The number of hydrogen-bond acceptors (Lipinski definition) is 7. The molecule has 2 rings (SSSR count). The molecule has 0 aliphatic carbocycles. The zero-order valence-corrected chi connectivity index (χ0v) is 9.81. The van der Waals surface area contributed by atoms with Crippen LogP contribution in [-0.4, -0.2) is 19.7 Å². The van der Waals surface area contributed by atoms with Gasteiger partial charge in [0.05, 0.1) is 6.07 Å². The number of furan rings is 1. The van der Waals surface area contributed by atoms with Crippen molar-refractivity contribution < 1.29 is 9.34 Å². The maximum atomic E-state index is 11.5. The van der Waals surface area contributed by atoms with Gasteiger partial charge in [-0.05, 0) is 18.2 Å². The van der Waals surface area contributed by atoms with Crippen LogP contribution in [0.5, 0.6) is 0 Å². The topological polar surface area (TPSA) is 130 Å². The van der Waals surface area contributed by atoms with Crippen molar-refractivity contribution in [3.8, 4) is 0 Å². The van der Waals surface area contributed by atoms with Crippen molar-refractivity contribution in [3.63, 3.8) is 0 Å². The van der Waals surface area contributed by atoms with Gasteiger partial charge in [0.25, 0.3) is 0 Å². The molecule has 98 valence electrons. The van der Waals surface area contributed by atoms with Gasteiger partial charge in [-0.15, -0.1) is 0 Å². The lowest BCUT2D eigenvalue weighted by molar-refractivity contribution is -0.402. The van der Waals surface area contributed by atoms with E-state index in [1.807, 2.05) is 0 Å². The Hall–Kier alpha value is -2.97. The van der Waals surface area contributed by atoms with Gasteiger partial charge in [-0.1, -0.05) is 0 Å². The summed E-state index contributed by atoms with van der Waals surface area (Å²) in [5.41, 5.74) is 4.87. The minimum atomic E-state index is -0.653. The molecular formula is C10H9N5O4. The average Bonchev–Trinajstić information content (AvgIpc) is 2.81. The Kier molecular flexibility index (Phi) is 3.10. The summed E-state index contributed by atoms with van der Waals surface area (Å²) in [5.74, 6) is -0.154. The lowest BCUT2D eigenvalue weighted by Gasteiger charge is -2.00. The second kappa shape index (κ2) is 4.72. The Balaban J connectivity index is 2.29. The molecule has 9 heteroatoms. The quantitative estimate of drug-likeness (QED) is 0.627. The Labute approximate surface area is 106 Å². The molecule has 19 heavy (non-hydrogen) atoms. The molecule has 0 radical (unpaired) electrons. The van der Waals surface area contributed by atoms with Crippen molar-refractivity contribution >= 4 is 24.0 Å². The fourth-order valence-electron chi connectivity index (χ4n) is 1.28. The van der Waals surface area contributed by atoms with Crippen molar-refractivity contribution in [3.05, 3.63) is 44.1 Å². The van der Waals surface area contributed by atoms with Crippen LogP contribution in [0.15, 0.2) is 21.3 Å². The molecule has 0 aliphatic rings. The van der Waals surface area contributed by atoms with E-state index >= 15 is 0 Å². The second-order valence-electron chi connectivity index (χ2n) is 3.55.